The average molecular weight is 827 g/mol. The fourth-order valence-corrected chi connectivity index (χ4v) is 6.92. The number of hydrogen-bond donors (Lipinski definition) is 0. The monoisotopic (exact) mass is 827 g/mol. The average Bonchev–Trinajstić information content (AvgIpc) is 3.23. The summed E-state index contributed by atoms with van der Waals surface area (Å²) in [5, 5.41) is 0. The molecule has 0 aromatic rings. The molecule has 0 aliphatic heterocycles. The lowest BCUT2D eigenvalue weighted by atomic mass is 10.1. The summed E-state index contributed by atoms with van der Waals surface area (Å²) in [6.45, 7) is 6.52. The van der Waals surface area contributed by atoms with Crippen LogP contribution < -0.4 is 0 Å². The van der Waals surface area contributed by atoms with Crippen LogP contribution in [0.1, 0.15) is 252 Å². The Kier molecular flexibility index (Phi) is 45.9. The van der Waals surface area contributed by atoms with Crippen LogP contribution in [0.5, 0.6) is 0 Å². The van der Waals surface area contributed by atoms with Crippen molar-refractivity contribution >= 4 is 17.9 Å². The Morgan fingerprint density at radius 2 is 0.627 bits per heavy atom. The Bertz CT molecular complexity index is 1040. The second kappa shape index (κ2) is 48.0. The molecule has 0 rings (SSSR count). The van der Waals surface area contributed by atoms with Crippen molar-refractivity contribution in [1.82, 2.24) is 0 Å². The molecule has 1 unspecified atom stereocenters. The second-order valence-electron chi connectivity index (χ2n) is 16.7. The van der Waals surface area contributed by atoms with Crippen molar-refractivity contribution in [2.75, 3.05) is 13.2 Å². The molecule has 0 amide bonds. The van der Waals surface area contributed by atoms with Gasteiger partial charge in [0.15, 0.2) is 6.10 Å². The van der Waals surface area contributed by atoms with E-state index in [9.17, 15) is 14.4 Å². The Hall–Kier alpha value is -2.63. The highest BCUT2D eigenvalue weighted by Crippen LogP contribution is 2.14. The van der Waals surface area contributed by atoms with Crippen LogP contribution in [-0.2, 0) is 28.6 Å². The number of carbonyl (C=O) groups excluding carboxylic acids is 3. The van der Waals surface area contributed by atoms with E-state index >= 15 is 0 Å². The molecule has 6 heteroatoms. The van der Waals surface area contributed by atoms with Crippen molar-refractivity contribution in [2.24, 2.45) is 0 Å². The first-order chi connectivity index (χ1) is 29.0. The molecule has 0 bridgehead atoms. The normalized spacial score (nSPS) is 12.4. The minimum Gasteiger partial charge on any atom is -0.462 e. The van der Waals surface area contributed by atoms with Gasteiger partial charge in [-0.2, -0.15) is 0 Å². The molecule has 0 radical (unpaired) electrons. The number of carbonyl (C=O) groups is 3. The molecule has 342 valence electrons. The van der Waals surface area contributed by atoms with Gasteiger partial charge in [0.1, 0.15) is 13.2 Å². The summed E-state index contributed by atoms with van der Waals surface area (Å²) in [6, 6.07) is 0. The molecule has 59 heavy (non-hydrogen) atoms. The number of ether oxygens (including phenoxy) is 3. The van der Waals surface area contributed by atoms with Gasteiger partial charge in [0, 0.05) is 19.3 Å². The van der Waals surface area contributed by atoms with Crippen LogP contribution in [-0.4, -0.2) is 37.2 Å². The first-order valence-corrected chi connectivity index (χ1v) is 25.2. The minimum atomic E-state index is -0.779. The van der Waals surface area contributed by atoms with E-state index in [4.69, 9.17) is 14.2 Å². The lowest BCUT2D eigenvalue weighted by Gasteiger charge is -2.18. The maximum Gasteiger partial charge on any atom is 0.306 e. The Balaban J connectivity index is 4.31. The summed E-state index contributed by atoms with van der Waals surface area (Å²) in [5.41, 5.74) is 0. The first kappa shape index (κ1) is 56.4. The quantitative estimate of drug-likeness (QED) is 0.0200. The number of unbranched alkanes of at least 4 members (excludes halogenated alkanes) is 27. The molecule has 0 aliphatic rings. The van der Waals surface area contributed by atoms with E-state index in [0.717, 1.165) is 77.0 Å². The molecule has 0 N–H and O–H groups in total. The van der Waals surface area contributed by atoms with E-state index in [1.54, 1.807) is 0 Å². The second-order valence-corrected chi connectivity index (χ2v) is 16.7. The van der Waals surface area contributed by atoms with Gasteiger partial charge in [-0.3, -0.25) is 14.4 Å². The zero-order valence-electron chi connectivity index (χ0n) is 39.0. The number of allylic oxidation sites excluding steroid dienone is 8. The van der Waals surface area contributed by atoms with E-state index in [2.05, 4.69) is 69.4 Å². The maximum atomic E-state index is 12.7. The van der Waals surface area contributed by atoms with Gasteiger partial charge < -0.3 is 14.2 Å². The third-order valence-electron chi connectivity index (χ3n) is 10.8. The molecule has 0 spiro atoms. The fourth-order valence-electron chi connectivity index (χ4n) is 6.92. The largest absolute Gasteiger partial charge is 0.462 e. The van der Waals surface area contributed by atoms with E-state index in [-0.39, 0.29) is 31.1 Å². The predicted molar refractivity (Wildman–Crippen MR) is 252 cm³/mol. The van der Waals surface area contributed by atoms with Gasteiger partial charge in [-0.25, -0.2) is 0 Å². The summed E-state index contributed by atoms with van der Waals surface area (Å²) in [6.07, 6.45) is 56.6. The van der Waals surface area contributed by atoms with Crippen LogP contribution in [0.25, 0.3) is 0 Å². The van der Waals surface area contributed by atoms with Crippen molar-refractivity contribution < 1.29 is 28.6 Å². The Morgan fingerprint density at radius 3 is 1.00 bits per heavy atom. The molecule has 0 saturated carbocycles. The molecule has 0 aromatic heterocycles. The van der Waals surface area contributed by atoms with Crippen LogP contribution in [0.2, 0.25) is 0 Å². The van der Waals surface area contributed by atoms with Gasteiger partial charge in [-0.15, -0.1) is 0 Å². The lowest BCUT2D eigenvalue weighted by molar-refractivity contribution is -0.167. The standard InChI is InChI=1S/C53H94O6/c1-4-7-10-13-16-19-22-23-24-25-26-27-28-29-32-34-37-40-43-46-52(55)58-49-50(59-53(56)47-44-41-38-35-31-21-18-15-12-9-6-3)48-57-51(54)45-42-39-36-33-30-20-17-14-11-8-5-2/h14-19,22-23,50H,4-13,20-21,24-49H2,1-3H3/b17-14-,18-15-,19-16-,23-22-. The molecule has 6 nitrogen and oxygen atoms in total. The van der Waals surface area contributed by atoms with Crippen LogP contribution in [0.15, 0.2) is 48.6 Å². The summed E-state index contributed by atoms with van der Waals surface area (Å²) < 4.78 is 16.7. The van der Waals surface area contributed by atoms with Crippen molar-refractivity contribution in [3.63, 3.8) is 0 Å². The molecule has 0 heterocycles. The molecule has 0 fully saturated rings. The van der Waals surface area contributed by atoms with Crippen molar-refractivity contribution in [3.8, 4) is 0 Å². The summed E-state index contributed by atoms with van der Waals surface area (Å²) in [4.78, 5) is 37.8. The predicted octanol–water partition coefficient (Wildman–Crippen LogP) is 16.3. The molecular weight excluding hydrogens is 733 g/mol. The summed E-state index contributed by atoms with van der Waals surface area (Å²) in [7, 11) is 0. The molecule has 0 aliphatic carbocycles. The third-order valence-corrected chi connectivity index (χ3v) is 10.8. The lowest BCUT2D eigenvalue weighted by Crippen LogP contribution is -2.30. The van der Waals surface area contributed by atoms with Crippen molar-refractivity contribution in [1.29, 1.82) is 0 Å². The number of esters is 3. The highest BCUT2D eigenvalue weighted by atomic mass is 16.6. The smallest absolute Gasteiger partial charge is 0.306 e. The van der Waals surface area contributed by atoms with Gasteiger partial charge in [-0.05, 0) is 83.5 Å². The number of hydrogen-bond acceptors (Lipinski definition) is 6. The van der Waals surface area contributed by atoms with E-state index in [0.29, 0.717) is 19.3 Å². The van der Waals surface area contributed by atoms with Crippen molar-refractivity contribution in [2.45, 2.75) is 258 Å². The van der Waals surface area contributed by atoms with Crippen LogP contribution in [0.3, 0.4) is 0 Å². The SMILES string of the molecule is CCCC/C=C\CCCCCCCC(=O)OCC(COC(=O)CCCCCCCCCCCC/C=C\C=C/CCCCC)OC(=O)CCCCCCC/C=C\CCCC. The number of rotatable bonds is 45. The topological polar surface area (TPSA) is 78.9 Å². The Labute approximate surface area is 365 Å². The fraction of sp³-hybridized carbons (Fsp3) is 0.792. The molecule has 1 atom stereocenters. The van der Waals surface area contributed by atoms with Crippen LogP contribution in [0, 0.1) is 0 Å². The van der Waals surface area contributed by atoms with Crippen LogP contribution >= 0.6 is 0 Å². The summed E-state index contributed by atoms with van der Waals surface area (Å²) >= 11 is 0. The van der Waals surface area contributed by atoms with Gasteiger partial charge >= 0.3 is 17.9 Å². The van der Waals surface area contributed by atoms with Crippen molar-refractivity contribution in [3.05, 3.63) is 48.6 Å². The summed E-state index contributed by atoms with van der Waals surface area (Å²) in [5.74, 6) is -0.900. The van der Waals surface area contributed by atoms with E-state index in [1.807, 2.05) is 0 Å². The maximum absolute atomic E-state index is 12.7. The highest BCUT2D eigenvalue weighted by Gasteiger charge is 2.19. The van der Waals surface area contributed by atoms with E-state index in [1.165, 1.54) is 135 Å². The highest BCUT2D eigenvalue weighted by molar-refractivity contribution is 5.71. The molecular formula is C53H94O6. The zero-order valence-corrected chi connectivity index (χ0v) is 39.0. The van der Waals surface area contributed by atoms with Gasteiger partial charge in [0.05, 0.1) is 0 Å². The van der Waals surface area contributed by atoms with Gasteiger partial charge in [0.25, 0.3) is 0 Å². The van der Waals surface area contributed by atoms with Gasteiger partial charge in [-0.1, -0.05) is 198 Å². The minimum absolute atomic E-state index is 0.0804. The van der Waals surface area contributed by atoms with Gasteiger partial charge in [0.2, 0.25) is 0 Å². The molecule has 0 saturated heterocycles. The molecule has 0 aromatic carbocycles. The van der Waals surface area contributed by atoms with Crippen LogP contribution in [0.4, 0.5) is 0 Å². The van der Waals surface area contributed by atoms with E-state index < -0.39 is 6.10 Å². The zero-order chi connectivity index (χ0) is 43.0. The third kappa shape index (κ3) is 46.3. The first-order valence-electron chi connectivity index (χ1n) is 25.2. The Morgan fingerprint density at radius 1 is 0.339 bits per heavy atom.